The van der Waals surface area contributed by atoms with E-state index in [1.54, 1.807) is 6.07 Å². The number of rotatable bonds is 2. The van der Waals surface area contributed by atoms with Crippen molar-refractivity contribution in [3.63, 3.8) is 0 Å². The monoisotopic (exact) mass is 172 g/mol. The summed E-state index contributed by atoms with van der Waals surface area (Å²) in [5.74, 6) is 0. The Bertz CT molecular complexity index is 230. The molecule has 0 atom stereocenters. The molecule has 1 aromatic rings. The van der Waals surface area contributed by atoms with E-state index in [0.717, 1.165) is 12.1 Å². The van der Waals surface area contributed by atoms with Gasteiger partial charge in [-0.2, -0.15) is 4.98 Å². The molecular weight excluding hydrogens is 164 g/mol. The summed E-state index contributed by atoms with van der Waals surface area (Å²) in [4.78, 5) is 7.89. The molecule has 1 heterocycles. The average molecular weight is 173 g/mol. The van der Waals surface area contributed by atoms with Crippen LogP contribution in [0.1, 0.15) is 12.6 Å². The van der Waals surface area contributed by atoms with Gasteiger partial charge in [-0.15, -0.1) is 0 Å². The van der Waals surface area contributed by atoms with Crippen LogP contribution in [-0.2, 0) is 6.42 Å². The highest BCUT2D eigenvalue weighted by atomic mass is 35.5. The first-order valence-electron chi connectivity index (χ1n) is 3.33. The average Bonchev–Trinajstić information content (AvgIpc) is 2.03. The first-order chi connectivity index (χ1) is 5.26. The van der Waals surface area contributed by atoms with Crippen molar-refractivity contribution in [2.75, 3.05) is 7.11 Å². The minimum atomic E-state index is 0.328. The molecule has 0 aliphatic rings. The van der Waals surface area contributed by atoms with Crippen molar-refractivity contribution in [3.8, 4) is 6.01 Å². The first kappa shape index (κ1) is 8.27. The summed E-state index contributed by atoms with van der Waals surface area (Å²) in [5.41, 5.74) is 0.891. The van der Waals surface area contributed by atoms with Gasteiger partial charge >= 0.3 is 6.01 Å². The van der Waals surface area contributed by atoms with Gasteiger partial charge in [0.15, 0.2) is 0 Å². The normalized spacial score (nSPS) is 9.73. The second-order valence-electron chi connectivity index (χ2n) is 2.02. The molecule has 0 amide bonds. The quantitative estimate of drug-likeness (QED) is 0.637. The number of ether oxygens (including phenoxy) is 1. The Morgan fingerprint density at radius 2 is 2.27 bits per heavy atom. The largest absolute Gasteiger partial charge is 0.467 e. The fraction of sp³-hybridized carbons (Fsp3) is 0.429. The maximum Gasteiger partial charge on any atom is 0.317 e. The number of nitrogens with zero attached hydrogens (tertiary/aromatic N) is 2. The van der Waals surface area contributed by atoms with Gasteiger partial charge in [0.2, 0.25) is 0 Å². The topological polar surface area (TPSA) is 35.0 Å². The molecule has 0 aromatic carbocycles. The van der Waals surface area contributed by atoms with E-state index in [9.17, 15) is 0 Å². The van der Waals surface area contributed by atoms with Crippen molar-refractivity contribution in [2.24, 2.45) is 0 Å². The van der Waals surface area contributed by atoms with Gasteiger partial charge in [-0.25, -0.2) is 4.98 Å². The number of methoxy groups -OCH3 is 1. The van der Waals surface area contributed by atoms with E-state index in [1.807, 2.05) is 6.92 Å². The Morgan fingerprint density at radius 3 is 2.82 bits per heavy atom. The summed E-state index contributed by atoms with van der Waals surface area (Å²) in [7, 11) is 1.52. The third-order valence-electron chi connectivity index (χ3n) is 1.27. The maximum atomic E-state index is 5.68. The molecule has 0 radical (unpaired) electrons. The van der Waals surface area contributed by atoms with Gasteiger partial charge in [0.05, 0.1) is 7.11 Å². The fourth-order valence-electron chi connectivity index (χ4n) is 0.714. The van der Waals surface area contributed by atoms with E-state index in [2.05, 4.69) is 9.97 Å². The lowest BCUT2D eigenvalue weighted by Crippen LogP contribution is -1.95. The summed E-state index contributed by atoms with van der Waals surface area (Å²) in [5, 5.41) is 0.425. The summed E-state index contributed by atoms with van der Waals surface area (Å²) >= 11 is 5.68. The van der Waals surface area contributed by atoms with Crippen molar-refractivity contribution in [1.82, 2.24) is 9.97 Å². The van der Waals surface area contributed by atoms with Gasteiger partial charge in [-0.3, -0.25) is 0 Å². The molecule has 11 heavy (non-hydrogen) atoms. The number of hydrogen-bond acceptors (Lipinski definition) is 3. The Hall–Kier alpha value is -0.830. The van der Waals surface area contributed by atoms with Gasteiger partial charge in [-0.1, -0.05) is 18.5 Å². The van der Waals surface area contributed by atoms with Crippen molar-refractivity contribution in [2.45, 2.75) is 13.3 Å². The molecule has 0 saturated carbocycles. The van der Waals surface area contributed by atoms with Gasteiger partial charge in [0, 0.05) is 5.69 Å². The van der Waals surface area contributed by atoms with Gasteiger partial charge in [0.1, 0.15) is 5.15 Å². The molecule has 0 N–H and O–H groups in total. The Kier molecular flexibility index (Phi) is 2.65. The molecule has 0 unspecified atom stereocenters. The second-order valence-corrected chi connectivity index (χ2v) is 2.41. The van der Waals surface area contributed by atoms with Crippen LogP contribution in [-0.4, -0.2) is 17.1 Å². The van der Waals surface area contributed by atoms with Crippen LogP contribution in [0.3, 0.4) is 0 Å². The standard InChI is InChI=1S/C7H9ClN2O/c1-3-5-4-6(8)10-7(9-5)11-2/h4H,3H2,1-2H3. The molecule has 0 fully saturated rings. The summed E-state index contributed by atoms with van der Waals surface area (Å²) in [6.45, 7) is 2.00. The molecule has 3 nitrogen and oxygen atoms in total. The predicted octanol–water partition coefficient (Wildman–Crippen LogP) is 1.70. The lowest BCUT2D eigenvalue weighted by Gasteiger charge is -2.00. The minimum absolute atomic E-state index is 0.328. The Morgan fingerprint density at radius 1 is 1.55 bits per heavy atom. The Balaban J connectivity index is 3.02. The van der Waals surface area contributed by atoms with E-state index in [1.165, 1.54) is 7.11 Å². The fourth-order valence-corrected chi connectivity index (χ4v) is 0.912. The highest BCUT2D eigenvalue weighted by Crippen LogP contribution is 2.11. The molecular formula is C7H9ClN2O. The van der Waals surface area contributed by atoms with Gasteiger partial charge in [-0.05, 0) is 12.5 Å². The van der Waals surface area contributed by atoms with E-state index in [-0.39, 0.29) is 0 Å². The zero-order valence-electron chi connectivity index (χ0n) is 6.47. The van der Waals surface area contributed by atoms with E-state index in [0.29, 0.717) is 11.2 Å². The molecule has 0 bridgehead atoms. The first-order valence-corrected chi connectivity index (χ1v) is 3.71. The number of hydrogen-bond donors (Lipinski definition) is 0. The number of aryl methyl sites for hydroxylation is 1. The zero-order chi connectivity index (χ0) is 8.27. The molecule has 1 aromatic heterocycles. The highest BCUT2D eigenvalue weighted by Gasteiger charge is 2.00. The summed E-state index contributed by atoms with van der Waals surface area (Å²) in [6, 6.07) is 2.05. The second kappa shape index (κ2) is 3.53. The molecule has 0 spiro atoms. The number of aromatic nitrogens is 2. The molecule has 4 heteroatoms. The van der Waals surface area contributed by atoms with Gasteiger partial charge in [0.25, 0.3) is 0 Å². The predicted molar refractivity (Wildman–Crippen MR) is 43.0 cm³/mol. The van der Waals surface area contributed by atoms with Crippen molar-refractivity contribution in [1.29, 1.82) is 0 Å². The van der Waals surface area contributed by atoms with E-state index < -0.39 is 0 Å². The minimum Gasteiger partial charge on any atom is -0.467 e. The zero-order valence-corrected chi connectivity index (χ0v) is 7.22. The lowest BCUT2D eigenvalue weighted by atomic mass is 10.3. The van der Waals surface area contributed by atoms with Crippen LogP contribution in [0.25, 0.3) is 0 Å². The van der Waals surface area contributed by atoms with Crippen LogP contribution >= 0.6 is 11.6 Å². The molecule has 1 rings (SSSR count). The smallest absolute Gasteiger partial charge is 0.317 e. The third kappa shape index (κ3) is 2.05. The Labute approximate surface area is 70.4 Å². The van der Waals surface area contributed by atoms with Crippen LogP contribution < -0.4 is 4.74 Å². The van der Waals surface area contributed by atoms with E-state index in [4.69, 9.17) is 16.3 Å². The summed E-state index contributed by atoms with van der Waals surface area (Å²) in [6.07, 6.45) is 0.832. The van der Waals surface area contributed by atoms with Gasteiger partial charge < -0.3 is 4.74 Å². The molecule has 0 aliphatic carbocycles. The maximum absolute atomic E-state index is 5.68. The van der Waals surface area contributed by atoms with Crippen LogP contribution in [0, 0.1) is 0 Å². The SMILES string of the molecule is CCc1cc(Cl)nc(OC)n1. The van der Waals surface area contributed by atoms with Crippen molar-refractivity contribution >= 4 is 11.6 Å². The van der Waals surface area contributed by atoms with Crippen LogP contribution in [0.2, 0.25) is 5.15 Å². The molecule has 0 aliphatic heterocycles. The van der Waals surface area contributed by atoms with Crippen molar-refractivity contribution < 1.29 is 4.74 Å². The van der Waals surface area contributed by atoms with Crippen LogP contribution in [0.5, 0.6) is 6.01 Å². The molecule has 0 saturated heterocycles. The highest BCUT2D eigenvalue weighted by molar-refractivity contribution is 6.29. The molecule has 60 valence electrons. The van der Waals surface area contributed by atoms with Crippen molar-refractivity contribution in [3.05, 3.63) is 16.9 Å². The van der Waals surface area contributed by atoms with Crippen LogP contribution in [0.15, 0.2) is 6.07 Å². The third-order valence-corrected chi connectivity index (χ3v) is 1.47. The van der Waals surface area contributed by atoms with E-state index >= 15 is 0 Å². The summed E-state index contributed by atoms with van der Waals surface area (Å²) < 4.78 is 4.83. The number of halogens is 1. The lowest BCUT2D eigenvalue weighted by molar-refractivity contribution is 0.378. The van der Waals surface area contributed by atoms with Crippen LogP contribution in [0.4, 0.5) is 0 Å².